The van der Waals surface area contributed by atoms with E-state index in [4.69, 9.17) is 4.74 Å². The largest absolute Gasteiger partial charge is 0.497 e. The molecule has 2 aromatic carbocycles. The molecule has 2 heterocycles. The molecule has 1 N–H and O–H groups in total. The molecule has 0 unspecified atom stereocenters. The number of aliphatic hydroxyl groups excluding tert-OH is 1. The lowest BCUT2D eigenvalue weighted by molar-refractivity contribution is 0.0541. The summed E-state index contributed by atoms with van der Waals surface area (Å²) in [7, 11) is 1.60. The molecule has 118 valence electrons. The summed E-state index contributed by atoms with van der Waals surface area (Å²) in [5.74, 6) is 0.600. The highest BCUT2D eigenvalue weighted by molar-refractivity contribution is 5.98. The number of hydrogen-bond acceptors (Lipinski definition) is 3. The maximum absolute atomic E-state index is 13.0. The van der Waals surface area contributed by atoms with E-state index in [0.717, 1.165) is 17.5 Å². The monoisotopic (exact) mass is 309 g/mol. The fourth-order valence-corrected chi connectivity index (χ4v) is 3.95. The maximum Gasteiger partial charge on any atom is 0.254 e. The Balaban J connectivity index is 1.89. The Morgan fingerprint density at radius 3 is 2.83 bits per heavy atom. The molecule has 0 saturated heterocycles. The van der Waals surface area contributed by atoms with Gasteiger partial charge >= 0.3 is 0 Å². The van der Waals surface area contributed by atoms with Crippen molar-refractivity contribution in [1.82, 2.24) is 4.90 Å². The summed E-state index contributed by atoms with van der Waals surface area (Å²) in [6.45, 7) is 0.704. The van der Waals surface area contributed by atoms with Crippen LogP contribution in [0.4, 0.5) is 0 Å². The van der Waals surface area contributed by atoms with Crippen LogP contribution in [0, 0.1) is 0 Å². The van der Waals surface area contributed by atoms with Crippen LogP contribution < -0.4 is 4.74 Å². The van der Waals surface area contributed by atoms with Crippen LogP contribution in [0.3, 0.4) is 0 Å². The van der Waals surface area contributed by atoms with Crippen LogP contribution in [-0.4, -0.2) is 36.2 Å². The van der Waals surface area contributed by atoms with Crippen LogP contribution in [0.15, 0.2) is 42.5 Å². The lowest BCUT2D eigenvalue weighted by Crippen LogP contribution is -2.47. The van der Waals surface area contributed by atoms with Crippen LogP contribution in [0.5, 0.6) is 5.75 Å². The zero-order valence-electron chi connectivity index (χ0n) is 13.0. The van der Waals surface area contributed by atoms with E-state index in [1.807, 2.05) is 29.2 Å². The number of hydrogen-bond donors (Lipinski definition) is 1. The Bertz CT molecular complexity index is 771. The topological polar surface area (TPSA) is 49.8 Å². The summed E-state index contributed by atoms with van der Waals surface area (Å²) >= 11 is 0. The van der Waals surface area contributed by atoms with Gasteiger partial charge in [0.25, 0.3) is 5.91 Å². The number of benzene rings is 2. The van der Waals surface area contributed by atoms with Crippen molar-refractivity contribution in [2.45, 2.75) is 18.4 Å². The average Bonchev–Trinajstić information content (AvgIpc) is 2.61. The summed E-state index contributed by atoms with van der Waals surface area (Å²) in [6, 6.07) is 13.7. The molecule has 0 fully saturated rings. The lowest BCUT2D eigenvalue weighted by Gasteiger charge is -2.45. The number of aliphatic hydroxyl groups is 1. The van der Waals surface area contributed by atoms with Gasteiger partial charge in [0.1, 0.15) is 5.75 Å². The van der Waals surface area contributed by atoms with E-state index in [-0.39, 0.29) is 24.5 Å². The molecule has 4 rings (SSSR count). The van der Waals surface area contributed by atoms with Crippen molar-refractivity contribution in [2.24, 2.45) is 0 Å². The summed E-state index contributed by atoms with van der Waals surface area (Å²) in [5.41, 5.74) is 4.00. The van der Waals surface area contributed by atoms with Gasteiger partial charge in [0.2, 0.25) is 0 Å². The molecule has 4 nitrogen and oxygen atoms in total. The van der Waals surface area contributed by atoms with E-state index >= 15 is 0 Å². The van der Waals surface area contributed by atoms with Crippen LogP contribution in [0.2, 0.25) is 0 Å². The molecule has 2 aliphatic heterocycles. The van der Waals surface area contributed by atoms with E-state index < -0.39 is 0 Å². The van der Waals surface area contributed by atoms with E-state index in [9.17, 15) is 9.90 Å². The molecule has 2 aromatic rings. The number of nitrogens with zero attached hydrogens (tertiary/aromatic N) is 1. The summed E-state index contributed by atoms with van der Waals surface area (Å²) < 4.78 is 5.26. The fourth-order valence-electron chi connectivity index (χ4n) is 3.95. The van der Waals surface area contributed by atoms with Gasteiger partial charge in [-0.15, -0.1) is 0 Å². The summed E-state index contributed by atoms with van der Waals surface area (Å²) in [5, 5.41) is 10.0. The molecule has 0 spiro atoms. The number of rotatable bonds is 2. The van der Waals surface area contributed by atoms with Crippen LogP contribution >= 0.6 is 0 Å². The van der Waals surface area contributed by atoms with Crippen molar-refractivity contribution >= 4 is 5.91 Å². The van der Waals surface area contributed by atoms with Gasteiger partial charge in [0, 0.05) is 18.0 Å². The second-order valence-electron chi connectivity index (χ2n) is 6.13. The minimum absolute atomic E-state index is 0.0160. The molecule has 1 amide bonds. The highest BCUT2D eigenvalue weighted by Gasteiger charge is 2.42. The van der Waals surface area contributed by atoms with Crippen molar-refractivity contribution in [3.8, 4) is 5.75 Å². The number of ether oxygens (including phenoxy) is 1. The minimum atomic E-state index is -0.102. The van der Waals surface area contributed by atoms with Gasteiger partial charge in [-0.1, -0.05) is 30.3 Å². The van der Waals surface area contributed by atoms with Gasteiger partial charge in [0.15, 0.2) is 0 Å². The van der Waals surface area contributed by atoms with Gasteiger partial charge in [-0.05, 0) is 35.2 Å². The van der Waals surface area contributed by atoms with Gasteiger partial charge < -0.3 is 14.7 Å². The highest BCUT2D eigenvalue weighted by Crippen LogP contribution is 2.46. The first-order valence-corrected chi connectivity index (χ1v) is 7.92. The standard InChI is InChI=1S/C19H19NO3/c1-23-13-6-7-15-16(10-13)19(22)20-9-8-12-4-2-3-5-14(12)18(20)17(15)11-21/h2-7,10,17-18,21H,8-9,11H2,1H3/t17-,18-/m1/s1. The Labute approximate surface area is 135 Å². The van der Waals surface area contributed by atoms with Gasteiger partial charge in [-0.25, -0.2) is 0 Å². The first-order valence-electron chi connectivity index (χ1n) is 7.92. The number of methoxy groups -OCH3 is 1. The SMILES string of the molecule is COc1ccc2c(c1)C(=O)N1CCc3ccccc3[C@@H]1[C@@H]2CO. The molecule has 0 radical (unpaired) electrons. The predicted molar refractivity (Wildman–Crippen MR) is 86.7 cm³/mol. The van der Waals surface area contributed by atoms with Crippen molar-refractivity contribution in [2.75, 3.05) is 20.3 Å². The average molecular weight is 309 g/mol. The van der Waals surface area contributed by atoms with Gasteiger partial charge in [0.05, 0.1) is 19.8 Å². The molecular weight excluding hydrogens is 290 g/mol. The Kier molecular flexibility index (Phi) is 3.34. The number of carbonyl (C=O) groups excluding carboxylic acids is 1. The molecular formula is C19H19NO3. The van der Waals surface area contributed by atoms with Crippen LogP contribution in [-0.2, 0) is 6.42 Å². The minimum Gasteiger partial charge on any atom is -0.497 e. The Hall–Kier alpha value is -2.33. The number of carbonyl (C=O) groups is 1. The highest BCUT2D eigenvalue weighted by atomic mass is 16.5. The van der Waals surface area contributed by atoms with Crippen molar-refractivity contribution in [1.29, 1.82) is 0 Å². The van der Waals surface area contributed by atoms with E-state index in [1.165, 1.54) is 5.56 Å². The van der Waals surface area contributed by atoms with E-state index in [0.29, 0.717) is 17.9 Å². The smallest absolute Gasteiger partial charge is 0.254 e. The maximum atomic E-state index is 13.0. The molecule has 0 aromatic heterocycles. The zero-order valence-corrected chi connectivity index (χ0v) is 13.0. The quantitative estimate of drug-likeness (QED) is 0.927. The van der Waals surface area contributed by atoms with Crippen LogP contribution in [0.1, 0.15) is 39.0 Å². The van der Waals surface area contributed by atoms with E-state index in [1.54, 1.807) is 13.2 Å². The molecule has 0 aliphatic carbocycles. The van der Waals surface area contributed by atoms with E-state index in [2.05, 4.69) is 12.1 Å². The zero-order chi connectivity index (χ0) is 16.0. The van der Waals surface area contributed by atoms with Crippen molar-refractivity contribution < 1.29 is 14.6 Å². The Morgan fingerprint density at radius 1 is 1.22 bits per heavy atom. The second-order valence-corrected chi connectivity index (χ2v) is 6.13. The van der Waals surface area contributed by atoms with Gasteiger partial charge in [-0.2, -0.15) is 0 Å². The van der Waals surface area contributed by atoms with Crippen LogP contribution in [0.25, 0.3) is 0 Å². The lowest BCUT2D eigenvalue weighted by atomic mass is 9.76. The molecule has 0 saturated carbocycles. The third-order valence-electron chi connectivity index (χ3n) is 5.06. The van der Waals surface area contributed by atoms with Crippen molar-refractivity contribution in [3.05, 3.63) is 64.7 Å². The number of fused-ring (bicyclic) bond motifs is 4. The fraction of sp³-hybridized carbons (Fsp3) is 0.316. The first kappa shape index (κ1) is 14.3. The number of amides is 1. The third-order valence-corrected chi connectivity index (χ3v) is 5.06. The predicted octanol–water partition coefficient (Wildman–Crippen LogP) is 2.52. The molecule has 4 heteroatoms. The first-order chi connectivity index (χ1) is 11.2. The summed E-state index contributed by atoms with van der Waals surface area (Å²) in [6.07, 6.45) is 0.857. The molecule has 23 heavy (non-hydrogen) atoms. The molecule has 2 atom stereocenters. The molecule has 2 aliphatic rings. The third kappa shape index (κ3) is 2.05. The normalized spacial score (nSPS) is 22.2. The second kappa shape index (κ2) is 5.39. The Morgan fingerprint density at radius 2 is 2.04 bits per heavy atom. The summed E-state index contributed by atoms with van der Waals surface area (Å²) in [4.78, 5) is 14.9. The van der Waals surface area contributed by atoms with Gasteiger partial charge in [-0.3, -0.25) is 4.79 Å². The van der Waals surface area contributed by atoms with Crippen molar-refractivity contribution in [3.63, 3.8) is 0 Å². The molecule has 0 bridgehead atoms.